The Kier molecular flexibility index (Phi) is 9.01. The van der Waals surface area contributed by atoms with Gasteiger partial charge in [-0.2, -0.15) is 0 Å². The van der Waals surface area contributed by atoms with Crippen molar-refractivity contribution in [2.24, 2.45) is 5.92 Å². The molecule has 0 amide bonds. The molecule has 1 fully saturated rings. The summed E-state index contributed by atoms with van der Waals surface area (Å²) in [5, 5.41) is 0. The van der Waals surface area contributed by atoms with Crippen LogP contribution in [0.25, 0.3) is 0 Å². The molecular formula is C19H31BrN2O4S. The van der Waals surface area contributed by atoms with Gasteiger partial charge in [0.2, 0.25) is 10.0 Å². The summed E-state index contributed by atoms with van der Waals surface area (Å²) in [6.07, 6.45) is 2.03. The van der Waals surface area contributed by atoms with Crippen LogP contribution in [0.2, 0.25) is 0 Å². The number of benzene rings is 1. The number of halogens is 1. The van der Waals surface area contributed by atoms with E-state index in [1.165, 1.54) is 0 Å². The molecule has 1 aliphatic rings. The third kappa shape index (κ3) is 6.15. The summed E-state index contributed by atoms with van der Waals surface area (Å²) in [4.78, 5) is 2.53. The summed E-state index contributed by atoms with van der Waals surface area (Å²) >= 11 is 3.36. The number of hydrogen-bond donors (Lipinski definition) is 1. The van der Waals surface area contributed by atoms with E-state index in [0.717, 1.165) is 25.9 Å². The number of ether oxygens (including phenoxy) is 2. The minimum absolute atomic E-state index is 0.154. The Labute approximate surface area is 171 Å². The molecule has 1 heterocycles. The molecule has 1 aromatic rings. The second-order valence-corrected chi connectivity index (χ2v) is 9.32. The molecule has 8 heteroatoms. The van der Waals surface area contributed by atoms with E-state index in [2.05, 4.69) is 39.4 Å². The average Bonchev–Trinajstić information content (AvgIpc) is 2.67. The van der Waals surface area contributed by atoms with Crippen molar-refractivity contribution in [3.8, 4) is 5.75 Å². The maximum atomic E-state index is 13.0. The Bertz CT molecular complexity index is 689. The molecule has 0 saturated carbocycles. The Balaban J connectivity index is 2.20. The van der Waals surface area contributed by atoms with Gasteiger partial charge in [-0.25, -0.2) is 13.1 Å². The summed E-state index contributed by atoms with van der Waals surface area (Å²) in [6, 6.07) is 5.21. The van der Waals surface area contributed by atoms with Gasteiger partial charge in [0.25, 0.3) is 0 Å². The van der Waals surface area contributed by atoms with E-state index >= 15 is 0 Å². The van der Waals surface area contributed by atoms with Crippen LogP contribution in [-0.2, 0) is 14.8 Å². The highest BCUT2D eigenvalue weighted by molar-refractivity contribution is 9.10. The summed E-state index contributed by atoms with van der Waals surface area (Å²) in [5.41, 5.74) is 0. The van der Waals surface area contributed by atoms with E-state index in [4.69, 9.17) is 9.47 Å². The minimum atomic E-state index is -3.68. The third-order valence-corrected chi connectivity index (χ3v) is 7.02. The van der Waals surface area contributed by atoms with Crippen LogP contribution in [0, 0.1) is 5.92 Å². The van der Waals surface area contributed by atoms with Crippen LogP contribution in [0.3, 0.4) is 0 Å². The lowest BCUT2D eigenvalue weighted by Crippen LogP contribution is -2.52. The quantitative estimate of drug-likeness (QED) is 0.577. The Morgan fingerprint density at radius 3 is 2.48 bits per heavy atom. The van der Waals surface area contributed by atoms with E-state index in [1.54, 1.807) is 18.2 Å². The largest absolute Gasteiger partial charge is 0.492 e. The molecule has 27 heavy (non-hydrogen) atoms. The van der Waals surface area contributed by atoms with Crippen LogP contribution in [0.1, 0.15) is 33.6 Å². The summed E-state index contributed by atoms with van der Waals surface area (Å²) in [7, 11) is -3.68. The molecule has 1 aliphatic heterocycles. The summed E-state index contributed by atoms with van der Waals surface area (Å²) in [6.45, 7) is 10.0. The maximum Gasteiger partial charge on any atom is 0.244 e. The van der Waals surface area contributed by atoms with Crippen LogP contribution in [0.15, 0.2) is 27.6 Å². The topological polar surface area (TPSA) is 67.9 Å². The fourth-order valence-electron chi connectivity index (χ4n) is 3.58. The van der Waals surface area contributed by atoms with Gasteiger partial charge in [0.05, 0.1) is 19.8 Å². The van der Waals surface area contributed by atoms with Crippen molar-refractivity contribution in [3.05, 3.63) is 22.7 Å². The van der Waals surface area contributed by atoms with Crippen LogP contribution in [0.5, 0.6) is 5.75 Å². The molecule has 0 aliphatic carbocycles. The normalized spacial score (nSPS) is 17.2. The van der Waals surface area contributed by atoms with Crippen molar-refractivity contribution < 1.29 is 17.9 Å². The van der Waals surface area contributed by atoms with Gasteiger partial charge in [-0.3, -0.25) is 4.90 Å². The molecule has 1 saturated heterocycles. The second kappa shape index (κ2) is 10.8. The monoisotopic (exact) mass is 462 g/mol. The lowest BCUT2D eigenvalue weighted by Gasteiger charge is -2.38. The molecular weight excluding hydrogens is 432 g/mol. The number of nitrogens with one attached hydrogen (secondary N) is 1. The SMILES string of the molecule is CCOc1ccc(Br)cc1S(=O)(=O)NC[C@@H](C(CC)CC)N1CCOCC1. The first kappa shape index (κ1) is 22.6. The first-order chi connectivity index (χ1) is 12.9. The fourth-order valence-corrected chi connectivity index (χ4v) is 5.31. The zero-order valence-electron chi connectivity index (χ0n) is 16.4. The van der Waals surface area contributed by atoms with Gasteiger partial charge in [-0.1, -0.05) is 42.6 Å². The number of sulfonamides is 1. The highest BCUT2D eigenvalue weighted by Crippen LogP contribution is 2.28. The smallest absolute Gasteiger partial charge is 0.244 e. The standard InChI is InChI=1S/C19H31BrN2O4S/c1-4-15(5-2)17(22-9-11-25-12-10-22)14-21-27(23,24)19-13-16(20)7-8-18(19)26-6-3/h7-8,13,15,17,21H,4-6,9-12,14H2,1-3H3/t17-/m0/s1. The molecule has 154 valence electrons. The molecule has 0 bridgehead atoms. The lowest BCUT2D eigenvalue weighted by atomic mass is 9.92. The van der Waals surface area contributed by atoms with Gasteiger partial charge in [0.1, 0.15) is 10.6 Å². The molecule has 0 radical (unpaired) electrons. The van der Waals surface area contributed by atoms with Crippen molar-refractivity contribution in [3.63, 3.8) is 0 Å². The van der Waals surface area contributed by atoms with Crippen LogP contribution < -0.4 is 9.46 Å². The fraction of sp³-hybridized carbons (Fsp3) is 0.684. The van der Waals surface area contributed by atoms with E-state index in [-0.39, 0.29) is 10.9 Å². The van der Waals surface area contributed by atoms with Gasteiger partial charge in [-0.15, -0.1) is 0 Å². The number of hydrogen-bond acceptors (Lipinski definition) is 5. The molecule has 1 aromatic carbocycles. The van der Waals surface area contributed by atoms with E-state index in [0.29, 0.717) is 42.5 Å². The van der Waals surface area contributed by atoms with Crippen molar-refractivity contribution in [1.82, 2.24) is 9.62 Å². The van der Waals surface area contributed by atoms with Gasteiger partial charge in [0.15, 0.2) is 0 Å². The van der Waals surface area contributed by atoms with E-state index in [9.17, 15) is 8.42 Å². The number of morpholine rings is 1. The zero-order chi connectivity index (χ0) is 19.9. The minimum Gasteiger partial charge on any atom is -0.492 e. The van der Waals surface area contributed by atoms with Gasteiger partial charge < -0.3 is 9.47 Å². The molecule has 0 aromatic heterocycles. The Morgan fingerprint density at radius 2 is 1.89 bits per heavy atom. The average molecular weight is 463 g/mol. The van der Waals surface area contributed by atoms with E-state index < -0.39 is 10.0 Å². The van der Waals surface area contributed by atoms with Gasteiger partial charge >= 0.3 is 0 Å². The van der Waals surface area contributed by atoms with Gasteiger partial charge in [0, 0.05) is 30.1 Å². The Morgan fingerprint density at radius 1 is 1.22 bits per heavy atom. The van der Waals surface area contributed by atoms with Crippen molar-refractivity contribution in [2.75, 3.05) is 39.5 Å². The highest BCUT2D eigenvalue weighted by atomic mass is 79.9. The van der Waals surface area contributed by atoms with Gasteiger partial charge in [-0.05, 0) is 31.0 Å². The number of rotatable bonds is 10. The highest BCUT2D eigenvalue weighted by Gasteiger charge is 2.29. The van der Waals surface area contributed by atoms with Crippen LogP contribution >= 0.6 is 15.9 Å². The van der Waals surface area contributed by atoms with Crippen LogP contribution in [0.4, 0.5) is 0 Å². The van der Waals surface area contributed by atoms with Crippen LogP contribution in [-0.4, -0.2) is 58.8 Å². The second-order valence-electron chi connectivity index (χ2n) is 6.67. The lowest BCUT2D eigenvalue weighted by molar-refractivity contribution is 0.00297. The van der Waals surface area contributed by atoms with Crippen molar-refractivity contribution in [1.29, 1.82) is 0 Å². The van der Waals surface area contributed by atoms with Crippen molar-refractivity contribution >= 4 is 26.0 Å². The maximum absolute atomic E-state index is 13.0. The molecule has 1 N–H and O–H groups in total. The first-order valence-corrected chi connectivity index (χ1v) is 11.9. The Hall–Kier alpha value is -0.670. The molecule has 0 unspecified atom stereocenters. The molecule has 0 spiro atoms. The predicted octanol–water partition coefficient (Wildman–Crippen LogP) is 3.26. The summed E-state index contributed by atoms with van der Waals surface area (Å²) in [5.74, 6) is 0.804. The molecule has 1 atom stereocenters. The molecule has 6 nitrogen and oxygen atoms in total. The predicted molar refractivity (Wildman–Crippen MR) is 111 cm³/mol. The molecule has 2 rings (SSSR count). The first-order valence-electron chi connectivity index (χ1n) is 9.66. The van der Waals surface area contributed by atoms with Crippen molar-refractivity contribution in [2.45, 2.75) is 44.6 Å². The van der Waals surface area contributed by atoms with E-state index in [1.807, 2.05) is 6.92 Å². The number of nitrogens with zero attached hydrogens (tertiary/aromatic N) is 1. The third-order valence-electron chi connectivity index (χ3n) is 5.09. The summed E-state index contributed by atoms with van der Waals surface area (Å²) < 4.78 is 40.6. The zero-order valence-corrected chi connectivity index (χ0v) is 18.8.